The first-order valence-electron chi connectivity index (χ1n) is 7.32. The number of hydrogen-bond donors (Lipinski definition) is 1. The van der Waals surface area contributed by atoms with E-state index in [1.165, 1.54) is 11.6 Å². The number of carbonyl (C=O) groups is 1. The molecule has 0 aliphatic carbocycles. The van der Waals surface area contributed by atoms with E-state index in [9.17, 15) is 4.79 Å². The van der Waals surface area contributed by atoms with Gasteiger partial charge in [0.2, 0.25) is 0 Å². The smallest absolute Gasteiger partial charge is 0.187 e. The van der Waals surface area contributed by atoms with E-state index in [0.29, 0.717) is 17.1 Å². The third kappa shape index (κ3) is 4.13. The first-order valence-corrected chi connectivity index (χ1v) is 7.32. The number of ether oxygens (including phenoxy) is 2. The van der Waals surface area contributed by atoms with Crippen molar-refractivity contribution in [2.75, 3.05) is 19.5 Å². The highest BCUT2D eigenvalue weighted by Gasteiger charge is 2.05. The quantitative estimate of drug-likeness (QED) is 0.643. The number of methoxy groups -OCH3 is 2. The second kappa shape index (κ2) is 7.49. The van der Waals surface area contributed by atoms with Gasteiger partial charge in [-0.3, -0.25) is 4.79 Å². The minimum absolute atomic E-state index is 0.0407. The van der Waals surface area contributed by atoms with Crippen LogP contribution in [0.4, 0.5) is 5.69 Å². The number of carbonyl (C=O) groups excluding carboxylic acids is 1. The molecule has 2 aromatic rings. The Kier molecular flexibility index (Phi) is 5.41. The Hall–Kier alpha value is -2.75. The molecule has 4 heteroatoms. The van der Waals surface area contributed by atoms with E-state index < -0.39 is 0 Å². The molecule has 4 nitrogen and oxygen atoms in total. The van der Waals surface area contributed by atoms with Gasteiger partial charge < -0.3 is 14.8 Å². The summed E-state index contributed by atoms with van der Waals surface area (Å²) in [7, 11) is 3.17. The van der Waals surface area contributed by atoms with Gasteiger partial charge in [0.1, 0.15) is 0 Å². The van der Waals surface area contributed by atoms with E-state index in [1.807, 2.05) is 44.2 Å². The van der Waals surface area contributed by atoms with E-state index in [2.05, 4.69) is 5.32 Å². The number of benzene rings is 2. The third-order valence-electron chi connectivity index (χ3n) is 3.66. The van der Waals surface area contributed by atoms with Gasteiger partial charge in [0, 0.05) is 29.6 Å². The van der Waals surface area contributed by atoms with Crippen LogP contribution >= 0.6 is 0 Å². The summed E-state index contributed by atoms with van der Waals surface area (Å²) in [5.74, 6) is 1.25. The first-order chi connectivity index (χ1) is 11.0. The monoisotopic (exact) mass is 311 g/mol. The van der Waals surface area contributed by atoms with Crippen LogP contribution in [0.15, 0.2) is 48.7 Å². The van der Waals surface area contributed by atoms with Crippen molar-refractivity contribution in [2.45, 2.75) is 13.8 Å². The van der Waals surface area contributed by atoms with Crippen molar-refractivity contribution >= 4 is 11.5 Å². The highest BCUT2D eigenvalue weighted by Crippen LogP contribution is 2.29. The summed E-state index contributed by atoms with van der Waals surface area (Å²) in [6, 6.07) is 11.2. The summed E-state index contributed by atoms with van der Waals surface area (Å²) in [5.41, 5.74) is 3.77. The average molecular weight is 311 g/mol. The van der Waals surface area contributed by atoms with E-state index in [0.717, 1.165) is 11.3 Å². The zero-order valence-corrected chi connectivity index (χ0v) is 13.8. The van der Waals surface area contributed by atoms with Crippen molar-refractivity contribution in [3.8, 4) is 11.5 Å². The predicted octanol–water partition coefficient (Wildman–Crippen LogP) is 4.13. The fraction of sp³-hybridized carbons (Fsp3) is 0.211. The Labute approximate surface area is 136 Å². The molecule has 120 valence electrons. The van der Waals surface area contributed by atoms with Crippen molar-refractivity contribution in [3.05, 3.63) is 65.4 Å². The number of aryl methyl sites for hydroxylation is 2. The molecule has 0 aromatic heterocycles. The Balaban J connectivity index is 2.06. The number of rotatable bonds is 6. The molecular formula is C19H21NO3. The van der Waals surface area contributed by atoms with Crippen molar-refractivity contribution in [2.24, 2.45) is 0 Å². The molecule has 0 saturated heterocycles. The highest BCUT2D eigenvalue weighted by atomic mass is 16.5. The molecule has 0 fully saturated rings. The lowest BCUT2D eigenvalue weighted by atomic mass is 10.0. The third-order valence-corrected chi connectivity index (χ3v) is 3.66. The minimum Gasteiger partial charge on any atom is -0.493 e. The van der Waals surface area contributed by atoms with Crippen molar-refractivity contribution < 1.29 is 14.3 Å². The summed E-state index contributed by atoms with van der Waals surface area (Å²) < 4.78 is 10.4. The Morgan fingerprint density at radius 2 is 1.70 bits per heavy atom. The molecule has 0 saturated carbocycles. The Bertz CT molecular complexity index is 735. The standard InChI is InChI=1S/C19H21NO3/c1-13-5-6-15(11-14(13)2)17(21)9-10-20-16-7-8-18(22-3)19(12-16)23-4/h5-12,20H,1-4H3. The van der Waals surface area contributed by atoms with Crippen LogP contribution in [0, 0.1) is 13.8 Å². The molecule has 2 rings (SSSR count). The van der Waals surface area contributed by atoms with E-state index in [-0.39, 0.29) is 5.78 Å². The van der Waals surface area contributed by atoms with Crippen molar-refractivity contribution in [3.63, 3.8) is 0 Å². The largest absolute Gasteiger partial charge is 0.493 e. The van der Waals surface area contributed by atoms with Crippen LogP contribution in [-0.4, -0.2) is 20.0 Å². The van der Waals surface area contributed by atoms with Crippen molar-refractivity contribution in [1.29, 1.82) is 0 Å². The number of allylic oxidation sites excluding steroid dienone is 1. The molecule has 0 bridgehead atoms. The first kappa shape index (κ1) is 16.6. The molecule has 0 aliphatic heterocycles. The zero-order chi connectivity index (χ0) is 16.8. The van der Waals surface area contributed by atoms with Gasteiger partial charge in [-0.15, -0.1) is 0 Å². The molecule has 0 amide bonds. The number of nitrogens with one attached hydrogen (secondary N) is 1. The lowest BCUT2D eigenvalue weighted by Gasteiger charge is -2.09. The summed E-state index contributed by atoms with van der Waals surface area (Å²) in [6.07, 6.45) is 3.14. The van der Waals surface area contributed by atoms with Crippen LogP contribution < -0.4 is 14.8 Å². The highest BCUT2D eigenvalue weighted by molar-refractivity contribution is 6.04. The second-order valence-electron chi connectivity index (χ2n) is 5.21. The average Bonchev–Trinajstić information content (AvgIpc) is 2.57. The topological polar surface area (TPSA) is 47.6 Å². The maximum atomic E-state index is 12.2. The fourth-order valence-electron chi connectivity index (χ4n) is 2.13. The molecule has 0 atom stereocenters. The van der Waals surface area contributed by atoms with Gasteiger partial charge >= 0.3 is 0 Å². The number of ketones is 1. The maximum absolute atomic E-state index is 12.2. The molecule has 1 N–H and O–H groups in total. The molecule has 2 aromatic carbocycles. The van der Waals surface area contributed by atoms with Crippen LogP contribution in [0.2, 0.25) is 0 Å². The normalized spacial score (nSPS) is 10.6. The molecule has 0 radical (unpaired) electrons. The molecule has 0 heterocycles. The van der Waals surface area contributed by atoms with E-state index >= 15 is 0 Å². The SMILES string of the molecule is COc1ccc(NC=CC(=O)c2ccc(C)c(C)c2)cc1OC. The lowest BCUT2D eigenvalue weighted by Crippen LogP contribution is -1.98. The summed E-state index contributed by atoms with van der Waals surface area (Å²) in [6.45, 7) is 4.02. The van der Waals surface area contributed by atoms with Gasteiger partial charge in [0.25, 0.3) is 0 Å². The van der Waals surface area contributed by atoms with Crippen LogP contribution in [0.3, 0.4) is 0 Å². The maximum Gasteiger partial charge on any atom is 0.187 e. The fourth-order valence-corrected chi connectivity index (χ4v) is 2.13. The van der Waals surface area contributed by atoms with Crippen LogP contribution in [0.25, 0.3) is 0 Å². The number of anilines is 1. The number of hydrogen-bond acceptors (Lipinski definition) is 4. The molecule has 0 spiro atoms. The van der Waals surface area contributed by atoms with Gasteiger partial charge in [-0.2, -0.15) is 0 Å². The minimum atomic E-state index is -0.0407. The van der Waals surface area contributed by atoms with Crippen LogP contribution in [-0.2, 0) is 0 Å². The summed E-state index contributed by atoms with van der Waals surface area (Å²) in [4.78, 5) is 12.2. The predicted molar refractivity (Wildman–Crippen MR) is 92.6 cm³/mol. The Morgan fingerprint density at radius 1 is 0.957 bits per heavy atom. The van der Waals surface area contributed by atoms with E-state index in [1.54, 1.807) is 26.5 Å². The van der Waals surface area contributed by atoms with Crippen LogP contribution in [0.1, 0.15) is 21.5 Å². The molecule has 0 aliphatic rings. The summed E-state index contributed by atoms with van der Waals surface area (Å²) in [5, 5.41) is 3.06. The Morgan fingerprint density at radius 3 is 2.35 bits per heavy atom. The van der Waals surface area contributed by atoms with Gasteiger partial charge in [-0.05, 0) is 43.2 Å². The lowest BCUT2D eigenvalue weighted by molar-refractivity contribution is 0.104. The zero-order valence-electron chi connectivity index (χ0n) is 13.8. The van der Waals surface area contributed by atoms with Gasteiger partial charge in [-0.1, -0.05) is 12.1 Å². The summed E-state index contributed by atoms with van der Waals surface area (Å²) >= 11 is 0. The van der Waals surface area contributed by atoms with Gasteiger partial charge in [0.15, 0.2) is 17.3 Å². The van der Waals surface area contributed by atoms with Crippen LogP contribution in [0.5, 0.6) is 11.5 Å². The molecule has 0 unspecified atom stereocenters. The second-order valence-corrected chi connectivity index (χ2v) is 5.21. The van der Waals surface area contributed by atoms with Gasteiger partial charge in [0.05, 0.1) is 14.2 Å². The molecular weight excluding hydrogens is 290 g/mol. The molecule has 23 heavy (non-hydrogen) atoms. The van der Waals surface area contributed by atoms with E-state index in [4.69, 9.17) is 9.47 Å². The van der Waals surface area contributed by atoms with Crippen molar-refractivity contribution in [1.82, 2.24) is 0 Å². The van der Waals surface area contributed by atoms with Gasteiger partial charge in [-0.25, -0.2) is 0 Å².